The van der Waals surface area contributed by atoms with Gasteiger partial charge in [0, 0.05) is 0 Å². The Morgan fingerprint density at radius 3 is 1.93 bits per heavy atom. The van der Waals surface area contributed by atoms with Crippen molar-refractivity contribution in [3.63, 3.8) is 0 Å². The number of hydrogen-bond donors (Lipinski definition) is 2. The molecule has 0 aromatic rings. The molecule has 0 unspecified atom stereocenters. The molecule has 0 amide bonds. The average molecular weight is 238 g/mol. The molecule has 0 radical (unpaired) electrons. The predicted molar refractivity (Wildman–Crippen MR) is 45.1 cm³/mol. The van der Waals surface area contributed by atoms with Crippen LogP contribution in [0.5, 0.6) is 0 Å². The first kappa shape index (κ1) is 20.9. The van der Waals surface area contributed by atoms with Gasteiger partial charge in [-0.2, -0.15) is 0 Å². The predicted octanol–water partition coefficient (Wildman–Crippen LogP) is -4.41. The summed E-state index contributed by atoms with van der Waals surface area (Å²) in [7, 11) is 0. The fourth-order valence-electron chi connectivity index (χ4n) is 0.951. The third-order valence-electron chi connectivity index (χ3n) is 1.69. The Bertz CT molecular complexity index is 169. The van der Waals surface area contributed by atoms with Crippen molar-refractivity contribution in [2.75, 3.05) is 0 Å². The zero-order chi connectivity index (χ0) is 9.56. The van der Waals surface area contributed by atoms with Gasteiger partial charge in [0.1, 0.15) is 0 Å². The van der Waals surface area contributed by atoms with E-state index in [0.717, 1.165) is 12.8 Å². The molecule has 0 heterocycles. The summed E-state index contributed by atoms with van der Waals surface area (Å²) in [5.41, 5.74) is 0. The normalized spacial score (nSPS) is 8.71. The first-order valence-electron chi connectivity index (χ1n) is 4.05. The summed E-state index contributed by atoms with van der Waals surface area (Å²) in [6.07, 6.45) is 2.75. The van der Waals surface area contributed by atoms with Crippen LogP contribution in [-0.2, 0) is 9.59 Å². The summed E-state index contributed by atoms with van der Waals surface area (Å²) in [4.78, 5) is 20.7. The summed E-state index contributed by atoms with van der Waals surface area (Å²) in [6.45, 7) is 1.98. The Hall–Kier alpha value is 1.58. The van der Waals surface area contributed by atoms with Crippen molar-refractivity contribution in [3.05, 3.63) is 0 Å². The minimum Gasteiger partial charge on any atom is -1.00 e. The molecule has 0 aliphatic carbocycles. The van der Waals surface area contributed by atoms with Crippen molar-refractivity contribution in [3.8, 4) is 0 Å². The van der Waals surface area contributed by atoms with E-state index in [1.165, 1.54) is 0 Å². The molecule has 0 bridgehead atoms. The monoisotopic (exact) mass is 238 g/mol. The van der Waals surface area contributed by atoms with Crippen LogP contribution in [0.2, 0.25) is 0 Å². The van der Waals surface area contributed by atoms with Gasteiger partial charge < -0.3 is 13.1 Å². The van der Waals surface area contributed by atoms with E-state index < -0.39 is 17.9 Å². The second-order valence-electron chi connectivity index (χ2n) is 2.72. The molecule has 74 valence electrons. The molecule has 0 aromatic carbocycles. The number of carbonyl (C=O) groups is 2. The first-order chi connectivity index (χ1) is 5.59. The molecule has 0 fully saturated rings. The van der Waals surface area contributed by atoms with Crippen LogP contribution in [0.4, 0.5) is 0 Å². The molecule has 4 nitrogen and oxygen atoms in total. The van der Waals surface area contributed by atoms with Crippen LogP contribution in [0.3, 0.4) is 0 Å². The second-order valence-corrected chi connectivity index (χ2v) is 2.72. The summed E-state index contributed by atoms with van der Waals surface area (Å²) in [6, 6.07) is 0. The molecule has 0 saturated heterocycles. The van der Waals surface area contributed by atoms with Crippen LogP contribution in [0.1, 0.15) is 35.5 Å². The molecule has 0 atom stereocenters. The second kappa shape index (κ2) is 12.6. The molecular formula is C8H16KNaO4. The zero-order valence-electron chi connectivity index (χ0n) is 11.1. The number of unbranched alkanes of at least 4 members (excludes halogenated alkanes) is 2. The van der Waals surface area contributed by atoms with Gasteiger partial charge in [-0.25, -0.2) is 0 Å². The van der Waals surface area contributed by atoms with Gasteiger partial charge >= 0.3 is 92.9 Å². The number of rotatable bonds is 6. The summed E-state index contributed by atoms with van der Waals surface area (Å²) in [5, 5.41) is 16.9. The van der Waals surface area contributed by atoms with Gasteiger partial charge in [-0.3, -0.25) is 9.59 Å². The van der Waals surface area contributed by atoms with Crippen LogP contribution in [0.15, 0.2) is 0 Å². The maximum absolute atomic E-state index is 10.4. The number of carboxylic acid groups (broad SMARTS) is 2. The fraction of sp³-hybridized carbons (Fsp3) is 0.750. The van der Waals surface area contributed by atoms with Crippen molar-refractivity contribution >= 4 is 11.9 Å². The van der Waals surface area contributed by atoms with Crippen molar-refractivity contribution in [1.82, 2.24) is 0 Å². The van der Waals surface area contributed by atoms with E-state index in [1.54, 1.807) is 0 Å². The Morgan fingerprint density at radius 2 is 1.64 bits per heavy atom. The summed E-state index contributed by atoms with van der Waals surface area (Å²) >= 11 is 0. The van der Waals surface area contributed by atoms with E-state index in [4.69, 9.17) is 10.2 Å². The molecule has 6 heteroatoms. The van der Waals surface area contributed by atoms with E-state index in [2.05, 4.69) is 0 Å². The molecule has 0 aliphatic heterocycles. The molecule has 0 rings (SSSR count). The molecule has 0 spiro atoms. The van der Waals surface area contributed by atoms with Crippen molar-refractivity contribution in [2.24, 2.45) is 5.92 Å². The first-order valence-corrected chi connectivity index (χ1v) is 4.05. The van der Waals surface area contributed by atoms with E-state index >= 15 is 0 Å². The Morgan fingerprint density at radius 1 is 1.21 bits per heavy atom. The van der Waals surface area contributed by atoms with Crippen LogP contribution in [0.25, 0.3) is 0 Å². The van der Waals surface area contributed by atoms with Crippen LogP contribution >= 0.6 is 0 Å². The molecular weight excluding hydrogens is 222 g/mol. The third-order valence-corrected chi connectivity index (χ3v) is 1.69. The van der Waals surface area contributed by atoms with Crippen LogP contribution in [-0.4, -0.2) is 22.2 Å². The van der Waals surface area contributed by atoms with Crippen LogP contribution < -0.4 is 80.9 Å². The zero-order valence-corrected chi connectivity index (χ0v) is 14.2. The SMILES string of the molecule is CCCCCC(C(=O)O)C(=O)O.[H-].[H-].[K+].[Na+]. The Kier molecular flexibility index (Phi) is 18.9. The number of carboxylic acids is 2. The van der Waals surface area contributed by atoms with Crippen molar-refractivity contribution < 1.29 is 104 Å². The van der Waals surface area contributed by atoms with Gasteiger partial charge in [0.15, 0.2) is 5.92 Å². The minimum atomic E-state index is -1.24. The smallest absolute Gasteiger partial charge is 1.00 e. The quantitative estimate of drug-likeness (QED) is 0.278. The summed E-state index contributed by atoms with van der Waals surface area (Å²) in [5.74, 6) is -3.70. The summed E-state index contributed by atoms with van der Waals surface area (Å²) < 4.78 is 0. The van der Waals surface area contributed by atoms with E-state index in [0.29, 0.717) is 6.42 Å². The van der Waals surface area contributed by atoms with Crippen molar-refractivity contribution in [2.45, 2.75) is 32.6 Å². The molecule has 0 saturated carbocycles. The number of hydrogen-bond acceptors (Lipinski definition) is 2. The molecule has 2 N–H and O–H groups in total. The standard InChI is InChI=1S/C8H14O4.K.Na.2H/c1-2-3-4-5-6(7(9)10)8(11)12;;;;/h6H,2-5H2,1H3,(H,9,10)(H,11,12);;;;/q;2*+1;2*-1. The largest absolute Gasteiger partial charge is 1.00 e. The van der Waals surface area contributed by atoms with E-state index in [1.807, 2.05) is 6.92 Å². The maximum Gasteiger partial charge on any atom is 1.00 e. The average Bonchev–Trinajstić information content (AvgIpc) is 1.96. The Labute approximate surface area is 152 Å². The van der Waals surface area contributed by atoms with Gasteiger partial charge in [0.2, 0.25) is 0 Å². The van der Waals surface area contributed by atoms with Gasteiger partial charge in [-0.15, -0.1) is 0 Å². The molecule has 0 aliphatic rings. The van der Waals surface area contributed by atoms with Crippen LogP contribution in [0, 0.1) is 5.92 Å². The molecule has 14 heavy (non-hydrogen) atoms. The topological polar surface area (TPSA) is 74.6 Å². The fourth-order valence-corrected chi connectivity index (χ4v) is 0.951. The third kappa shape index (κ3) is 10.1. The van der Waals surface area contributed by atoms with Crippen molar-refractivity contribution in [1.29, 1.82) is 0 Å². The molecule has 0 aromatic heterocycles. The Balaban J connectivity index is -0.000000101. The van der Waals surface area contributed by atoms with Gasteiger partial charge in [0.05, 0.1) is 0 Å². The minimum absolute atomic E-state index is 0. The van der Waals surface area contributed by atoms with E-state index in [9.17, 15) is 9.59 Å². The maximum atomic E-state index is 10.4. The van der Waals surface area contributed by atoms with Gasteiger partial charge in [-0.05, 0) is 6.42 Å². The van der Waals surface area contributed by atoms with Gasteiger partial charge in [-0.1, -0.05) is 26.2 Å². The van der Waals surface area contributed by atoms with Gasteiger partial charge in [0.25, 0.3) is 0 Å². The van der Waals surface area contributed by atoms with E-state index in [-0.39, 0.29) is 90.2 Å². The number of aliphatic carboxylic acids is 2.